The van der Waals surface area contributed by atoms with Crippen molar-refractivity contribution in [3.63, 3.8) is 0 Å². The van der Waals surface area contributed by atoms with Crippen LogP contribution in [0.4, 0.5) is 0 Å². The summed E-state index contributed by atoms with van der Waals surface area (Å²) in [5.74, 6) is -0.0498. The van der Waals surface area contributed by atoms with Gasteiger partial charge in [-0.05, 0) is 5.56 Å². The van der Waals surface area contributed by atoms with Crippen LogP contribution in [0, 0.1) is 0 Å². The number of nitrogens with two attached hydrogens (primary N) is 1. The summed E-state index contributed by atoms with van der Waals surface area (Å²) in [6, 6.07) is 9.36. The minimum absolute atomic E-state index is 0.0498. The Labute approximate surface area is 90.0 Å². The molecule has 1 rings (SSSR count). The van der Waals surface area contributed by atoms with E-state index in [4.69, 9.17) is 5.73 Å². The summed E-state index contributed by atoms with van der Waals surface area (Å²) in [5.41, 5.74) is 6.86. The SMILES string of the molecule is C=CCNC(=O)CC(N)c1ccccc1. The second kappa shape index (κ2) is 5.98. The molecular formula is C12H16N2O. The maximum absolute atomic E-state index is 11.3. The molecule has 1 aromatic rings. The second-order valence-electron chi connectivity index (χ2n) is 3.31. The van der Waals surface area contributed by atoms with Crippen molar-refractivity contribution in [3.8, 4) is 0 Å². The maximum atomic E-state index is 11.3. The predicted octanol–water partition coefficient (Wildman–Crippen LogP) is 1.38. The molecule has 0 saturated heterocycles. The minimum Gasteiger partial charge on any atom is -0.353 e. The van der Waals surface area contributed by atoms with Crippen molar-refractivity contribution in [2.45, 2.75) is 12.5 Å². The summed E-state index contributed by atoms with van der Waals surface area (Å²) in [4.78, 5) is 11.3. The number of carbonyl (C=O) groups excluding carboxylic acids is 1. The molecule has 0 fully saturated rings. The van der Waals surface area contributed by atoms with Crippen LogP contribution >= 0.6 is 0 Å². The van der Waals surface area contributed by atoms with Gasteiger partial charge in [0, 0.05) is 19.0 Å². The van der Waals surface area contributed by atoms with Gasteiger partial charge in [-0.25, -0.2) is 0 Å². The van der Waals surface area contributed by atoms with Crippen LogP contribution in [0.25, 0.3) is 0 Å². The normalized spacial score (nSPS) is 11.8. The van der Waals surface area contributed by atoms with Crippen molar-refractivity contribution >= 4 is 5.91 Å². The molecule has 0 saturated carbocycles. The molecule has 1 atom stereocenters. The lowest BCUT2D eigenvalue weighted by atomic mass is 10.0. The van der Waals surface area contributed by atoms with Crippen LogP contribution < -0.4 is 11.1 Å². The van der Waals surface area contributed by atoms with Gasteiger partial charge in [0.2, 0.25) is 5.91 Å². The smallest absolute Gasteiger partial charge is 0.222 e. The Bertz CT molecular complexity index is 322. The van der Waals surface area contributed by atoms with Gasteiger partial charge in [0.1, 0.15) is 0 Å². The predicted molar refractivity (Wildman–Crippen MR) is 61.2 cm³/mol. The average Bonchev–Trinajstić information content (AvgIpc) is 2.27. The summed E-state index contributed by atoms with van der Waals surface area (Å²) in [6.07, 6.45) is 1.95. The first kappa shape index (κ1) is 11.5. The highest BCUT2D eigenvalue weighted by Gasteiger charge is 2.09. The first-order chi connectivity index (χ1) is 7.24. The number of hydrogen-bond donors (Lipinski definition) is 2. The Morgan fingerprint density at radius 2 is 2.13 bits per heavy atom. The Hall–Kier alpha value is -1.61. The quantitative estimate of drug-likeness (QED) is 0.712. The molecule has 1 aromatic carbocycles. The molecule has 0 aliphatic carbocycles. The van der Waals surface area contributed by atoms with Crippen molar-refractivity contribution in [1.82, 2.24) is 5.32 Å². The van der Waals surface area contributed by atoms with Crippen molar-refractivity contribution in [1.29, 1.82) is 0 Å². The molecule has 0 aliphatic heterocycles. The second-order valence-corrected chi connectivity index (χ2v) is 3.31. The van der Waals surface area contributed by atoms with E-state index in [1.165, 1.54) is 0 Å². The number of nitrogens with one attached hydrogen (secondary N) is 1. The summed E-state index contributed by atoms with van der Waals surface area (Å²) in [6.45, 7) is 4.01. The Morgan fingerprint density at radius 1 is 1.47 bits per heavy atom. The Kier molecular flexibility index (Phi) is 4.57. The largest absolute Gasteiger partial charge is 0.353 e. The number of carbonyl (C=O) groups is 1. The van der Waals surface area contributed by atoms with Crippen LogP contribution in [-0.2, 0) is 4.79 Å². The van der Waals surface area contributed by atoms with Gasteiger partial charge in [-0.3, -0.25) is 4.79 Å². The molecule has 3 heteroatoms. The van der Waals surface area contributed by atoms with Gasteiger partial charge in [-0.15, -0.1) is 6.58 Å². The molecule has 3 N–H and O–H groups in total. The number of amides is 1. The Morgan fingerprint density at radius 3 is 2.73 bits per heavy atom. The summed E-state index contributed by atoms with van der Waals surface area (Å²) < 4.78 is 0. The van der Waals surface area contributed by atoms with Gasteiger partial charge in [0.05, 0.1) is 0 Å². The molecule has 0 aromatic heterocycles. The zero-order valence-corrected chi connectivity index (χ0v) is 8.65. The Balaban J connectivity index is 2.45. The maximum Gasteiger partial charge on any atom is 0.222 e. The third kappa shape index (κ3) is 3.95. The summed E-state index contributed by atoms with van der Waals surface area (Å²) in [5, 5.41) is 2.70. The molecule has 0 radical (unpaired) electrons. The molecule has 0 aliphatic rings. The molecule has 15 heavy (non-hydrogen) atoms. The van der Waals surface area contributed by atoms with Crippen molar-refractivity contribution in [3.05, 3.63) is 48.6 Å². The van der Waals surface area contributed by atoms with Crippen molar-refractivity contribution in [2.75, 3.05) is 6.54 Å². The van der Waals surface area contributed by atoms with E-state index in [2.05, 4.69) is 11.9 Å². The molecule has 0 heterocycles. The number of benzene rings is 1. The lowest BCUT2D eigenvalue weighted by Gasteiger charge is -2.11. The van der Waals surface area contributed by atoms with Crippen LogP contribution in [0.1, 0.15) is 18.0 Å². The van der Waals surface area contributed by atoms with E-state index in [0.29, 0.717) is 13.0 Å². The zero-order valence-electron chi connectivity index (χ0n) is 8.65. The molecule has 80 valence electrons. The van der Waals surface area contributed by atoms with Crippen molar-refractivity contribution < 1.29 is 4.79 Å². The highest BCUT2D eigenvalue weighted by molar-refractivity contribution is 5.76. The first-order valence-electron chi connectivity index (χ1n) is 4.92. The van der Waals surface area contributed by atoms with Gasteiger partial charge < -0.3 is 11.1 Å². The third-order valence-electron chi connectivity index (χ3n) is 2.08. The molecule has 1 amide bonds. The van der Waals surface area contributed by atoms with Gasteiger partial charge in [-0.2, -0.15) is 0 Å². The van der Waals surface area contributed by atoms with E-state index in [-0.39, 0.29) is 11.9 Å². The van der Waals surface area contributed by atoms with Crippen LogP contribution in [-0.4, -0.2) is 12.5 Å². The fourth-order valence-corrected chi connectivity index (χ4v) is 1.28. The fraction of sp³-hybridized carbons (Fsp3) is 0.250. The fourth-order valence-electron chi connectivity index (χ4n) is 1.28. The molecule has 3 nitrogen and oxygen atoms in total. The highest BCUT2D eigenvalue weighted by atomic mass is 16.1. The molecular weight excluding hydrogens is 188 g/mol. The van der Waals surface area contributed by atoms with E-state index < -0.39 is 0 Å². The standard InChI is InChI=1S/C12H16N2O/c1-2-8-14-12(15)9-11(13)10-6-4-3-5-7-10/h2-7,11H,1,8-9,13H2,(H,14,15). The molecule has 0 spiro atoms. The third-order valence-corrected chi connectivity index (χ3v) is 2.08. The van der Waals surface area contributed by atoms with Gasteiger partial charge in [0.15, 0.2) is 0 Å². The van der Waals surface area contributed by atoms with Crippen LogP contribution in [0.3, 0.4) is 0 Å². The minimum atomic E-state index is -0.240. The van der Waals surface area contributed by atoms with Crippen molar-refractivity contribution in [2.24, 2.45) is 5.73 Å². The van der Waals surface area contributed by atoms with E-state index in [1.807, 2.05) is 30.3 Å². The highest BCUT2D eigenvalue weighted by Crippen LogP contribution is 2.12. The summed E-state index contributed by atoms with van der Waals surface area (Å²) in [7, 11) is 0. The van der Waals surface area contributed by atoms with E-state index >= 15 is 0 Å². The number of hydrogen-bond acceptors (Lipinski definition) is 2. The van der Waals surface area contributed by atoms with Gasteiger partial charge >= 0.3 is 0 Å². The van der Waals surface area contributed by atoms with Crippen LogP contribution in [0.15, 0.2) is 43.0 Å². The molecule has 0 bridgehead atoms. The average molecular weight is 204 g/mol. The lowest BCUT2D eigenvalue weighted by molar-refractivity contribution is -0.121. The van der Waals surface area contributed by atoms with Gasteiger partial charge in [-0.1, -0.05) is 36.4 Å². The van der Waals surface area contributed by atoms with Gasteiger partial charge in [0.25, 0.3) is 0 Å². The zero-order chi connectivity index (χ0) is 11.1. The van der Waals surface area contributed by atoms with E-state index in [9.17, 15) is 4.79 Å². The van der Waals surface area contributed by atoms with E-state index in [1.54, 1.807) is 6.08 Å². The monoisotopic (exact) mass is 204 g/mol. The summed E-state index contributed by atoms with van der Waals surface area (Å²) >= 11 is 0. The molecule has 1 unspecified atom stereocenters. The van der Waals surface area contributed by atoms with Crippen LogP contribution in [0.5, 0.6) is 0 Å². The van der Waals surface area contributed by atoms with E-state index in [0.717, 1.165) is 5.56 Å². The first-order valence-corrected chi connectivity index (χ1v) is 4.92. The topological polar surface area (TPSA) is 55.1 Å². The lowest BCUT2D eigenvalue weighted by Crippen LogP contribution is -2.27. The number of rotatable bonds is 5. The van der Waals surface area contributed by atoms with Crippen LogP contribution in [0.2, 0.25) is 0 Å².